The summed E-state index contributed by atoms with van der Waals surface area (Å²) in [4.78, 5) is 26.7. The minimum atomic E-state index is -0.308. The van der Waals surface area contributed by atoms with Crippen LogP contribution in [0.15, 0.2) is 78.9 Å². The molecule has 3 aromatic rings. The number of aryl methyl sites for hydroxylation is 1. The molecule has 1 heterocycles. The summed E-state index contributed by atoms with van der Waals surface area (Å²) in [5, 5.41) is 5.87. The van der Waals surface area contributed by atoms with Gasteiger partial charge >= 0.3 is 6.03 Å². The fraction of sp³-hybridized carbons (Fsp3) is 0.167. The van der Waals surface area contributed by atoms with E-state index in [1.165, 1.54) is 0 Å². The molecule has 2 N–H and O–H groups in total. The summed E-state index contributed by atoms with van der Waals surface area (Å²) in [5.41, 5.74) is 4.72. The molecule has 0 aromatic heterocycles. The SMILES string of the molecule is Cc1ccc(N2C[C@@H](NC(=O)Nc3ccccc3-c3ccccc3)CC2=O)cc1. The van der Waals surface area contributed by atoms with E-state index < -0.39 is 0 Å². The lowest BCUT2D eigenvalue weighted by Gasteiger charge is -2.18. The molecule has 0 bridgehead atoms. The molecule has 3 amide bonds. The summed E-state index contributed by atoms with van der Waals surface area (Å²) in [5.74, 6) is 0.0174. The molecular formula is C24H23N3O2. The lowest BCUT2D eigenvalue weighted by Crippen LogP contribution is -2.39. The first-order valence-corrected chi connectivity index (χ1v) is 9.69. The molecule has 3 aromatic carbocycles. The van der Waals surface area contributed by atoms with Crippen molar-refractivity contribution in [3.05, 3.63) is 84.4 Å². The highest BCUT2D eigenvalue weighted by molar-refractivity contribution is 5.98. The molecule has 0 saturated carbocycles. The van der Waals surface area contributed by atoms with Crippen molar-refractivity contribution in [1.29, 1.82) is 0 Å². The van der Waals surface area contributed by atoms with Crippen LogP contribution >= 0.6 is 0 Å². The normalized spacial score (nSPS) is 16.0. The zero-order chi connectivity index (χ0) is 20.2. The number of nitrogens with one attached hydrogen (secondary N) is 2. The number of anilines is 2. The Hall–Kier alpha value is -3.60. The van der Waals surface area contributed by atoms with E-state index in [0.29, 0.717) is 13.0 Å². The van der Waals surface area contributed by atoms with Crippen LogP contribution in [0.3, 0.4) is 0 Å². The number of carbonyl (C=O) groups is 2. The Morgan fingerprint density at radius 2 is 1.62 bits per heavy atom. The largest absolute Gasteiger partial charge is 0.333 e. The third-order valence-electron chi connectivity index (χ3n) is 5.07. The molecule has 1 atom stereocenters. The molecule has 1 aliphatic heterocycles. The van der Waals surface area contributed by atoms with Crippen molar-refractivity contribution in [3.8, 4) is 11.1 Å². The van der Waals surface area contributed by atoms with Gasteiger partial charge in [0.25, 0.3) is 0 Å². The van der Waals surface area contributed by atoms with E-state index >= 15 is 0 Å². The molecule has 0 aliphatic carbocycles. The van der Waals surface area contributed by atoms with Crippen LogP contribution in [-0.4, -0.2) is 24.5 Å². The molecule has 0 spiro atoms. The van der Waals surface area contributed by atoms with Crippen molar-refractivity contribution < 1.29 is 9.59 Å². The van der Waals surface area contributed by atoms with Crippen LogP contribution in [0.25, 0.3) is 11.1 Å². The minimum absolute atomic E-state index is 0.0174. The van der Waals surface area contributed by atoms with Gasteiger partial charge in [-0.05, 0) is 30.7 Å². The Morgan fingerprint density at radius 3 is 2.38 bits per heavy atom. The molecule has 0 unspecified atom stereocenters. The zero-order valence-corrected chi connectivity index (χ0v) is 16.3. The molecule has 29 heavy (non-hydrogen) atoms. The van der Waals surface area contributed by atoms with Crippen molar-refractivity contribution in [2.24, 2.45) is 0 Å². The Morgan fingerprint density at radius 1 is 0.931 bits per heavy atom. The first kappa shape index (κ1) is 18.7. The fourth-order valence-electron chi connectivity index (χ4n) is 3.58. The van der Waals surface area contributed by atoms with Gasteiger partial charge in [0.05, 0.1) is 11.7 Å². The predicted octanol–water partition coefficient (Wildman–Crippen LogP) is 4.59. The highest BCUT2D eigenvalue weighted by Gasteiger charge is 2.31. The Bertz CT molecular complexity index is 1020. The van der Waals surface area contributed by atoms with Gasteiger partial charge in [0.1, 0.15) is 0 Å². The van der Waals surface area contributed by atoms with Gasteiger partial charge in [0, 0.05) is 24.2 Å². The number of hydrogen-bond donors (Lipinski definition) is 2. The summed E-state index contributed by atoms with van der Waals surface area (Å²) in [6, 6.07) is 24.9. The van der Waals surface area contributed by atoms with Crippen LogP contribution in [-0.2, 0) is 4.79 Å². The van der Waals surface area contributed by atoms with Gasteiger partial charge < -0.3 is 15.5 Å². The molecule has 1 saturated heterocycles. The topological polar surface area (TPSA) is 61.4 Å². The number of urea groups is 1. The second kappa shape index (κ2) is 8.19. The van der Waals surface area contributed by atoms with E-state index in [9.17, 15) is 9.59 Å². The van der Waals surface area contributed by atoms with Crippen molar-refractivity contribution in [2.45, 2.75) is 19.4 Å². The molecule has 1 fully saturated rings. The molecule has 4 rings (SSSR count). The number of carbonyl (C=O) groups excluding carboxylic acids is 2. The number of benzene rings is 3. The van der Waals surface area contributed by atoms with Crippen LogP contribution in [0.2, 0.25) is 0 Å². The monoisotopic (exact) mass is 385 g/mol. The van der Waals surface area contributed by atoms with Gasteiger partial charge in [-0.15, -0.1) is 0 Å². The average Bonchev–Trinajstić information content (AvgIpc) is 3.09. The van der Waals surface area contributed by atoms with E-state index in [4.69, 9.17) is 0 Å². The van der Waals surface area contributed by atoms with Gasteiger partial charge in [-0.1, -0.05) is 66.2 Å². The second-order valence-electron chi connectivity index (χ2n) is 7.25. The number of amides is 3. The number of hydrogen-bond acceptors (Lipinski definition) is 2. The molecule has 5 nitrogen and oxygen atoms in total. The van der Waals surface area contributed by atoms with Crippen molar-refractivity contribution in [2.75, 3.05) is 16.8 Å². The number of para-hydroxylation sites is 1. The van der Waals surface area contributed by atoms with Gasteiger partial charge in [-0.3, -0.25) is 4.79 Å². The first-order chi connectivity index (χ1) is 14.1. The van der Waals surface area contributed by atoms with E-state index in [1.54, 1.807) is 4.90 Å². The third-order valence-corrected chi connectivity index (χ3v) is 5.07. The Balaban J connectivity index is 1.42. The van der Waals surface area contributed by atoms with E-state index in [1.807, 2.05) is 85.8 Å². The van der Waals surface area contributed by atoms with E-state index in [2.05, 4.69) is 10.6 Å². The predicted molar refractivity (Wildman–Crippen MR) is 116 cm³/mol. The zero-order valence-electron chi connectivity index (χ0n) is 16.3. The summed E-state index contributed by atoms with van der Waals surface area (Å²) < 4.78 is 0. The lowest BCUT2D eigenvalue weighted by molar-refractivity contribution is -0.117. The summed E-state index contributed by atoms with van der Waals surface area (Å²) in [7, 11) is 0. The van der Waals surface area contributed by atoms with Crippen LogP contribution in [0, 0.1) is 6.92 Å². The number of nitrogens with zero attached hydrogens (tertiary/aromatic N) is 1. The van der Waals surface area contributed by atoms with E-state index in [0.717, 1.165) is 28.1 Å². The average molecular weight is 385 g/mol. The summed E-state index contributed by atoms with van der Waals surface area (Å²) in [6.45, 7) is 2.48. The Labute approximate surface area is 170 Å². The Kier molecular flexibility index (Phi) is 5.29. The van der Waals surface area contributed by atoms with Gasteiger partial charge in [-0.25, -0.2) is 4.79 Å². The minimum Gasteiger partial charge on any atom is -0.333 e. The molecule has 5 heteroatoms. The van der Waals surface area contributed by atoms with E-state index in [-0.39, 0.29) is 18.0 Å². The summed E-state index contributed by atoms with van der Waals surface area (Å²) >= 11 is 0. The van der Waals surface area contributed by atoms with Gasteiger partial charge in [0.2, 0.25) is 5.91 Å². The fourth-order valence-corrected chi connectivity index (χ4v) is 3.58. The quantitative estimate of drug-likeness (QED) is 0.690. The highest BCUT2D eigenvalue weighted by Crippen LogP contribution is 2.27. The first-order valence-electron chi connectivity index (χ1n) is 9.69. The molecular weight excluding hydrogens is 362 g/mol. The van der Waals surface area contributed by atoms with Crippen molar-refractivity contribution in [3.63, 3.8) is 0 Å². The van der Waals surface area contributed by atoms with Crippen LogP contribution in [0.1, 0.15) is 12.0 Å². The second-order valence-corrected chi connectivity index (χ2v) is 7.25. The molecule has 1 aliphatic rings. The lowest BCUT2D eigenvalue weighted by atomic mass is 10.0. The van der Waals surface area contributed by atoms with Gasteiger partial charge in [0.15, 0.2) is 0 Å². The van der Waals surface area contributed by atoms with Crippen LogP contribution in [0.5, 0.6) is 0 Å². The molecule has 0 radical (unpaired) electrons. The van der Waals surface area contributed by atoms with Crippen molar-refractivity contribution >= 4 is 23.3 Å². The van der Waals surface area contributed by atoms with Crippen LogP contribution in [0.4, 0.5) is 16.2 Å². The van der Waals surface area contributed by atoms with Gasteiger partial charge in [-0.2, -0.15) is 0 Å². The highest BCUT2D eigenvalue weighted by atomic mass is 16.2. The maximum Gasteiger partial charge on any atom is 0.319 e. The maximum absolute atomic E-state index is 12.6. The summed E-state index contributed by atoms with van der Waals surface area (Å²) in [6.07, 6.45) is 0.293. The standard InChI is InChI=1S/C24H23N3O2/c1-17-11-13-20(14-12-17)27-16-19(15-23(27)28)25-24(29)26-22-10-6-5-9-21(22)18-7-3-2-4-8-18/h2-14,19H,15-16H2,1H3,(H2,25,26,29)/t19-/m0/s1. The maximum atomic E-state index is 12.6. The number of rotatable bonds is 4. The third kappa shape index (κ3) is 4.29. The van der Waals surface area contributed by atoms with Crippen molar-refractivity contribution in [1.82, 2.24) is 5.32 Å². The molecule has 146 valence electrons. The smallest absolute Gasteiger partial charge is 0.319 e. The van der Waals surface area contributed by atoms with Crippen LogP contribution < -0.4 is 15.5 Å².